The van der Waals surface area contributed by atoms with Crippen LogP contribution in [0.2, 0.25) is 0 Å². The molecule has 240 valence electrons. The summed E-state index contributed by atoms with van der Waals surface area (Å²) in [6.07, 6.45) is -4.52. The predicted molar refractivity (Wildman–Crippen MR) is 146 cm³/mol. The monoisotopic (exact) mass is 681 g/mol. The van der Waals surface area contributed by atoms with Crippen LogP contribution in [0.1, 0.15) is 11.9 Å². The number of phosphoric ester groups is 1. The molecule has 1 aliphatic heterocycles. The third-order valence-corrected chi connectivity index (χ3v) is 9.87. The van der Waals surface area contributed by atoms with Crippen molar-refractivity contribution in [1.82, 2.24) is 14.1 Å². The van der Waals surface area contributed by atoms with Crippen LogP contribution in [0.15, 0.2) is 64.4 Å². The molecule has 6 N–H and O–H groups in total. The topological polar surface area (TPSA) is 276 Å². The maximum Gasteiger partial charge on any atom is 0.490 e. The highest BCUT2D eigenvalue weighted by molar-refractivity contribution is 7.66. The van der Waals surface area contributed by atoms with Gasteiger partial charge in [0.05, 0.1) is 26.0 Å². The molecule has 1 fully saturated rings. The first kappa shape index (κ1) is 34.0. The van der Waals surface area contributed by atoms with Gasteiger partial charge in [-0.15, -0.1) is 0 Å². The number of aromatic nitrogens is 3. The Kier molecular flexibility index (Phi) is 10.2. The lowest BCUT2D eigenvalue weighted by molar-refractivity contribution is -0.0547. The molecule has 44 heavy (non-hydrogen) atoms. The Morgan fingerprint density at radius 1 is 0.932 bits per heavy atom. The second-order valence-electron chi connectivity index (χ2n) is 9.13. The van der Waals surface area contributed by atoms with Gasteiger partial charge in [0.15, 0.2) is 6.23 Å². The van der Waals surface area contributed by atoms with E-state index in [0.717, 1.165) is 32.5 Å². The van der Waals surface area contributed by atoms with E-state index in [1.54, 1.807) is 30.3 Å². The molecule has 0 saturated carbocycles. The number of methoxy groups -OCH3 is 1. The van der Waals surface area contributed by atoms with Crippen molar-refractivity contribution in [1.29, 1.82) is 0 Å². The van der Waals surface area contributed by atoms with E-state index < -0.39 is 65.9 Å². The van der Waals surface area contributed by atoms with E-state index in [-0.39, 0.29) is 6.54 Å². The summed E-state index contributed by atoms with van der Waals surface area (Å²) in [5, 5.41) is 20.9. The summed E-state index contributed by atoms with van der Waals surface area (Å²) < 4.78 is 58.2. The van der Waals surface area contributed by atoms with Crippen molar-refractivity contribution in [2.45, 2.75) is 31.1 Å². The molecular weight excluding hydrogens is 655 g/mol. The minimum Gasteiger partial charge on any atom is -0.497 e. The van der Waals surface area contributed by atoms with Crippen molar-refractivity contribution in [2.75, 3.05) is 13.7 Å². The van der Waals surface area contributed by atoms with Crippen LogP contribution in [0.5, 0.6) is 5.75 Å². The van der Waals surface area contributed by atoms with Gasteiger partial charge < -0.3 is 39.3 Å². The Labute approximate surface area is 246 Å². The largest absolute Gasteiger partial charge is 0.497 e. The molecule has 1 aliphatic rings. The average Bonchev–Trinajstić information content (AvgIpc) is 3.21. The molecule has 19 nitrogen and oxygen atoms in total. The van der Waals surface area contributed by atoms with Gasteiger partial charge in [-0.1, -0.05) is 12.1 Å². The second-order valence-corrected chi connectivity index (χ2v) is 13.6. The fraction of sp³-hybridized carbons (Fsp3) is 0.318. The molecule has 0 amide bonds. The molecule has 0 spiro atoms. The van der Waals surface area contributed by atoms with Crippen molar-refractivity contribution >= 4 is 23.5 Å². The third kappa shape index (κ3) is 8.44. The predicted octanol–water partition coefficient (Wildman–Crippen LogP) is 0.0914. The second kappa shape index (κ2) is 13.2. The van der Waals surface area contributed by atoms with E-state index in [4.69, 9.17) is 19.3 Å². The number of rotatable bonds is 12. The maximum absolute atomic E-state index is 13.3. The van der Waals surface area contributed by atoms with Crippen molar-refractivity contribution in [3.8, 4) is 16.9 Å². The Morgan fingerprint density at radius 2 is 1.64 bits per heavy atom. The van der Waals surface area contributed by atoms with Crippen LogP contribution < -0.4 is 16.0 Å². The number of aliphatic hydroxyl groups is 2. The fourth-order valence-electron chi connectivity index (χ4n) is 4.15. The molecule has 22 heteroatoms. The molecule has 4 rings (SSSR count). The summed E-state index contributed by atoms with van der Waals surface area (Å²) in [6.45, 7) is -1.38. The van der Waals surface area contributed by atoms with Crippen molar-refractivity contribution in [3.63, 3.8) is 0 Å². The summed E-state index contributed by atoms with van der Waals surface area (Å²) in [4.78, 5) is 66.3. The number of pyridine rings is 1. The van der Waals surface area contributed by atoms with Crippen molar-refractivity contribution in [2.24, 2.45) is 0 Å². The molecule has 3 heterocycles. The molecule has 0 bridgehead atoms. The summed E-state index contributed by atoms with van der Waals surface area (Å²) in [5.41, 5.74) is 0.122. The SMILES string of the molecule is COc1cccc(-c2ccnc(Cn3c(=O)ccn([C@@H]4O[C@H](COP(=O)(O)OP(=O)(O)OP(=O)(O)O)[C@H](O)C4O)c3=O)c2)c1. The van der Waals surface area contributed by atoms with Gasteiger partial charge in [-0.25, -0.2) is 18.5 Å². The third-order valence-electron chi connectivity index (χ3n) is 6.06. The summed E-state index contributed by atoms with van der Waals surface area (Å²) in [7, 11) is -15.5. The van der Waals surface area contributed by atoms with Gasteiger partial charge in [0.25, 0.3) is 5.56 Å². The van der Waals surface area contributed by atoms with Gasteiger partial charge in [-0.2, -0.15) is 8.62 Å². The lowest BCUT2D eigenvalue weighted by Crippen LogP contribution is -2.43. The lowest BCUT2D eigenvalue weighted by atomic mass is 10.1. The zero-order chi connectivity index (χ0) is 32.4. The van der Waals surface area contributed by atoms with E-state index in [2.05, 4.69) is 18.1 Å². The van der Waals surface area contributed by atoms with E-state index in [9.17, 15) is 43.3 Å². The highest BCUT2D eigenvalue weighted by Crippen LogP contribution is 2.66. The van der Waals surface area contributed by atoms with Crippen LogP contribution in [-0.2, 0) is 38.1 Å². The van der Waals surface area contributed by atoms with Crippen LogP contribution in [0.4, 0.5) is 0 Å². The number of hydrogen-bond donors (Lipinski definition) is 6. The van der Waals surface area contributed by atoms with Crippen molar-refractivity contribution < 1.29 is 66.1 Å². The van der Waals surface area contributed by atoms with E-state index in [0.29, 0.717) is 11.4 Å². The Balaban J connectivity index is 1.51. The van der Waals surface area contributed by atoms with Crippen molar-refractivity contribution in [3.05, 3.63) is 81.4 Å². The Bertz CT molecular complexity index is 1770. The number of hydrogen-bond acceptors (Lipinski definition) is 13. The highest BCUT2D eigenvalue weighted by atomic mass is 31.3. The van der Waals surface area contributed by atoms with Gasteiger partial charge >= 0.3 is 29.2 Å². The smallest absolute Gasteiger partial charge is 0.490 e. The number of benzene rings is 1. The van der Waals surface area contributed by atoms with Gasteiger partial charge in [0, 0.05) is 18.5 Å². The molecule has 1 aromatic carbocycles. The summed E-state index contributed by atoms with van der Waals surface area (Å²) in [5.74, 6) is 0.612. The molecular formula is C22H26N3O16P3. The maximum atomic E-state index is 13.3. The van der Waals surface area contributed by atoms with E-state index >= 15 is 0 Å². The summed E-state index contributed by atoms with van der Waals surface area (Å²) >= 11 is 0. The van der Waals surface area contributed by atoms with E-state index in [1.807, 2.05) is 6.07 Å². The van der Waals surface area contributed by atoms with Crippen LogP contribution >= 0.6 is 23.5 Å². The lowest BCUT2D eigenvalue weighted by Gasteiger charge is -2.19. The number of nitrogens with zero attached hydrogens (tertiary/aromatic N) is 3. The average molecular weight is 681 g/mol. The molecule has 3 aromatic rings. The van der Waals surface area contributed by atoms with Gasteiger partial charge in [-0.3, -0.25) is 23.4 Å². The Morgan fingerprint density at radius 3 is 2.32 bits per heavy atom. The van der Waals surface area contributed by atoms with Crippen LogP contribution in [0.3, 0.4) is 0 Å². The zero-order valence-corrected chi connectivity index (χ0v) is 25.1. The minimum atomic E-state index is -5.80. The first-order valence-electron chi connectivity index (χ1n) is 12.2. The van der Waals surface area contributed by atoms with Crippen LogP contribution in [-0.4, -0.2) is 75.9 Å². The van der Waals surface area contributed by atoms with Gasteiger partial charge in [0.2, 0.25) is 0 Å². The van der Waals surface area contributed by atoms with Crippen LogP contribution in [0, 0.1) is 0 Å². The normalized spacial score (nSPS) is 23.2. The van der Waals surface area contributed by atoms with Gasteiger partial charge in [0.1, 0.15) is 24.1 Å². The number of aliphatic hydroxyl groups excluding tert-OH is 2. The fourth-order valence-corrected chi connectivity index (χ4v) is 7.18. The first-order valence-corrected chi connectivity index (χ1v) is 16.7. The highest BCUT2D eigenvalue weighted by Gasteiger charge is 2.47. The minimum absolute atomic E-state index is 0.294. The molecule has 2 aromatic heterocycles. The zero-order valence-electron chi connectivity index (χ0n) is 22.4. The molecule has 0 aliphatic carbocycles. The summed E-state index contributed by atoms with van der Waals surface area (Å²) in [6, 6.07) is 11.5. The molecule has 1 saturated heterocycles. The van der Waals surface area contributed by atoms with E-state index in [1.165, 1.54) is 13.3 Å². The first-order chi connectivity index (χ1) is 20.5. The van der Waals surface area contributed by atoms with Gasteiger partial charge in [-0.05, 0) is 35.4 Å². The number of phosphoric acid groups is 3. The standard InChI is InChI=1S/C22H26N3O16P3/c1-37-16-4-2-3-13(10-16)14-5-7-23-15(9-14)11-25-18(26)6-8-24(22(25)29)21-20(28)19(27)17(39-21)12-38-43(33,34)41-44(35,36)40-42(30,31)32/h2-10,17,19-21,27-28H,11-12H2,1H3,(H,33,34)(H,35,36)(H2,30,31,32)/t17-,19+,20?,21-/m1/s1. The molecule has 3 unspecified atom stereocenters. The number of ether oxygens (including phenoxy) is 2. The molecule has 0 radical (unpaired) electrons. The Hall–Kier alpha value is -2.86. The quantitative estimate of drug-likeness (QED) is 0.138. The van der Waals surface area contributed by atoms with Crippen LogP contribution in [0.25, 0.3) is 11.1 Å². The molecule has 6 atom stereocenters.